The van der Waals surface area contributed by atoms with Gasteiger partial charge in [-0.25, -0.2) is 0 Å². The summed E-state index contributed by atoms with van der Waals surface area (Å²) >= 11 is 4.78. The Morgan fingerprint density at radius 1 is 1.21 bits per heavy atom. The summed E-state index contributed by atoms with van der Waals surface area (Å²) in [4.78, 5) is 12.1. The molecule has 0 saturated carbocycles. The van der Waals surface area contributed by atoms with Crippen molar-refractivity contribution in [2.45, 2.75) is 19.4 Å². The van der Waals surface area contributed by atoms with Crippen LogP contribution in [0.5, 0.6) is 11.5 Å². The third-order valence-corrected chi connectivity index (χ3v) is 4.71. The topological polar surface area (TPSA) is 82.6 Å². The van der Waals surface area contributed by atoms with Gasteiger partial charge >= 0.3 is 0 Å². The molecule has 2 rings (SSSR count). The molecule has 1 aromatic heterocycles. The minimum Gasteiger partial charge on any atom is -0.493 e. The number of nitrogens with zero attached hydrogens (tertiary/aromatic N) is 2. The highest BCUT2D eigenvalue weighted by molar-refractivity contribution is 9.10. The van der Waals surface area contributed by atoms with Crippen LogP contribution in [0.4, 0.5) is 5.13 Å². The van der Waals surface area contributed by atoms with E-state index in [1.54, 1.807) is 21.3 Å². The quantitative estimate of drug-likeness (QED) is 0.713. The highest BCUT2D eigenvalue weighted by Gasteiger charge is 2.12. The van der Waals surface area contributed by atoms with Crippen LogP contribution in [-0.4, -0.2) is 37.4 Å². The Hall–Kier alpha value is -1.71. The second kappa shape index (κ2) is 8.95. The van der Waals surface area contributed by atoms with E-state index in [4.69, 9.17) is 14.2 Å². The summed E-state index contributed by atoms with van der Waals surface area (Å²) in [5.74, 6) is 1.14. The Balaban J connectivity index is 1.95. The van der Waals surface area contributed by atoms with Crippen molar-refractivity contribution < 1.29 is 19.0 Å². The van der Waals surface area contributed by atoms with Crippen LogP contribution in [0.15, 0.2) is 16.6 Å². The summed E-state index contributed by atoms with van der Waals surface area (Å²) < 4.78 is 16.4. The zero-order valence-corrected chi connectivity index (χ0v) is 16.0. The first-order valence-corrected chi connectivity index (χ1v) is 8.70. The number of benzene rings is 1. The smallest absolute Gasteiger partial charge is 0.226 e. The van der Waals surface area contributed by atoms with E-state index in [0.29, 0.717) is 36.1 Å². The summed E-state index contributed by atoms with van der Waals surface area (Å²) in [7, 11) is 4.74. The summed E-state index contributed by atoms with van der Waals surface area (Å²) in [6, 6.07) is 3.69. The molecule has 0 bridgehead atoms. The molecule has 0 radical (unpaired) electrons. The lowest BCUT2D eigenvalue weighted by molar-refractivity contribution is -0.116. The molecule has 0 atom stereocenters. The maximum absolute atomic E-state index is 12.1. The van der Waals surface area contributed by atoms with Crippen molar-refractivity contribution in [2.75, 3.05) is 26.6 Å². The number of amides is 1. The molecule has 0 aliphatic carbocycles. The second-order valence-corrected chi connectivity index (χ2v) is 6.70. The van der Waals surface area contributed by atoms with Gasteiger partial charge in [-0.1, -0.05) is 27.3 Å². The first-order valence-electron chi connectivity index (χ1n) is 7.09. The first kappa shape index (κ1) is 18.6. The van der Waals surface area contributed by atoms with Gasteiger partial charge in [-0.2, -0.15) is 0 Å². The van der Waals surface area contributed by atoms with Crippen molar-refractivity contribution in [1.29, 1.82) is 0 Å². The van der Waals surface area contributed by atoms with Gasteiger partial charge in [-0.05, 0) is 24.1 Å². The van der Waals surface area contributed by atoms with Crippen LogP contribution < -0.4 is 14.8 Å². The van der Waals surface area contributed by atoms with E-state index >= 15 is 0 Å². The van der Waals surface area contributed by atoms with Crippen molar-refractivity contribution in [3.63, 3.8) is 0 Å². The lowest BCUT2D eigenvalue weighted by Gasteiger charge is -2.11. The first-order chi connectivity index (χ1) is 11.6. The number of methoxy groups -OCH3 is 3. The zero-order valence-electron chi connectivity index (χ0n) is 13.6. The third-order valence-electron chi connectivity index (χ3n) is 3.15. The number of hydrogen-bond donors (Lipinski definition) is 1. The number of rotatable bonds is 8. The number of nitrogens with one attached hydrogen (secondary N) is 1. The fourth-order valence-corrected chi connectivity index (χ4v) is 3.25. The minimum atomic E-state index is -0.128. The summed E-state index contributed by atoms with van der Waals surface area (Å²) in [6.45, 7) is 0.381. The average Bonchev–Trinajstić information content (AvgIpc) is 3.00. The van der Waals surface area contributed by atoms with Crippen molar-refractivity contribution in [3.05, 3.63) is 27.2 Å². The van der Waals surface area contributed by atoms with Crippen LogP contribution >= 0.6 is 27.3 Å². The molecule has 0 saturated heterocycles. The highest BCUT2D eigenvalue weighted by Crippen LogP contribution is 2.33. The van der Waals surface area contributed by atoms with Crippen molar-refractivity contribution >= 4 is 38.3 Å². The molecule has 24 heavy (non-hydrogen) atoms. The fourth-order valence-electron chi connectivity index (χ4n) is 2.00. The molecule has 0 fully saturated rings. The average molecular weight is 416 g/mol. The van der Waals surface area contributed by atoms with Gasteiger partial charge in [0.25, 0.3) is 0 Å². The second-order valence-electron chi connectivity index (χ2n) is 4.78. The van der Waals surface area contributed by atoms with Gasteiger partial charge in [0.05, 0.1) is 14.2 Å². The zero-order chi connectivity index (χ0) is 17.5. The molecule has 1 aromatic carbocycles. The van der Waals surface area contributed by atoms with Crippen LogP contribution in [-0.2, 0) is 22.6 Å². The Kier molecular flexibility index (Phi) is 6.95. The van der Waals surface area contributed by atoms with Crippen molar-refractivity contribution in [1.82, 2.24) is 10.2 Å². The lowest BCUT2D eigenvalue weighted by atomic mass is 10.1. The predicted molar refractivity (Wildman–Crippen MR) is 94.8 cm³/mol. The van der Waals surface area contributed by atoms with E-state index in [-0.39, 0.29) is 5.91 Å². The standard InChI is InChI=1S/C15H18BrN3O4S/c1-21-8-14-18-19-15(24-14)17-13(20)5-4-9-6-11(22-2)12(23-3)7-10(9)16/h6-7H,4-5,8H2,1-3H3,(H,17,19,20). The van der Waals surface area contributed by atoms with E-state index in [9.17, 15) is 4.79 Å². The molecule has 2 aromatic rings. The molecule has 0 unspecified atom stereocenters. The minimum absolute atomic E-state index is 0.128. The van der Waals surface area contributed by atoms with Crippen LogP contribution in [0.1, 0.15) is 17.0 Å². The number of carbonyl (C=O) groups is 1. The van der Waals surface area contributed by atoms with Crippen molar-refractivity contribution in [3.8, 4) is 11.5 Å². The largest absolute Gasteiger partial charge is 0.493 e. The molecule has 9 heteroatoms. The van der Waals surface area contributed by atoms with Crippen LogP contribution in [0.25, 0.3) is 0 Å². The number of aromatic nitrogens is 2. The number of ether oxygens (including phenoxy) is 3. The molecule has 7 nitrogen and oxygen atoms in total. The van der Waals surface area contributed by atoms with Crippen molar-refractivity contribution in [2.24, 2.45) is 0 Å². The highest BCUT2D eigenvalue weighted by atomic mass is 79.9. The molecule has 1 heterocycles. The van der Waals surface area contributed by atoms with Gasteiger partial charge in [-0.3, -0.25) is 4.79 Å². The van der Waals surface area contributed by atoms with Crippen LogP contribution in [0.3, 0.4) is 0 Å². The molecule has 0 aliphatic heterocycles. The number of aryl methyl sites for hydroxylation is 1. The number of hydrogen-bond acceptors (Lipinski definition) is 7. The van der Waals surface area contributed by atoms with Gasteiger partial charge in [0.15, 0.2) is 11.5 Å². The number of halogens is 1. The third kappa shape index (κ3) is 4.89. The maximum Gasteiger partial charge on any atom is 0.226 e. The molecule has 0 aliphatic rings. The van der Waals surface area contributed by atoms with E-state index in [2.05, 4.69) is 31.4 Å². The van der Waals surface area contributed by atoms with Crippen LogP contribution in [0.2, 0.25) is 0 Å². The van der Waals surface area contributed by atoms with Gasteiger partial charge in [0.1, 0.15) is 11.6 Å². The van der Waals surface area contributed by atoms with E-state index in [0.717, 1.165) is 15.0 Å². The predicted octanol–water partition coefficient (Wildman–Crippen LogP) is 3.04. The maximum atomic E-state index is 12.1. The Morgan fingerprint density at radius 2 is 1.92 bits per heavy atom. The molecule has 0 spiro atoms. The molecule has 130 valence electrons. The Morgan fingerprint density at radius 3 is 2.58 bits per heavy atom. The van der Waals surface area contributed by atoms with Gasteiger partial charge < -0.3 is 19.5 Å². The summed E-state index contributed by atoms with van der Waals surface area (Å²) in [5.41, 5.74) is 0.958. The number of anilines is 1. The van der Waals surface area contributed by atoms with E-state index < -0.39 is 0 Å². The fraction of sp³-hybridized carbons (Fsp3) is 0.400. The van der Waals surface area contributed by atoms with Gasteiger partial charge in [0.2, 0.25) is 11.0 Å². The summed E-state index contributed by atoms with van der Waals surface area (Å²) in [6.07, 6.45) is 0.865. The van der Waals surface area contributed by atoms with Gasteiger partial charge in [-0.15, -0.1) is 10.2 Å². The molecule has 1 N–H and O–H groups in total. The molecular formula is C15H18BrN3O4S. The lowest BCUT2D eigenvalue weighted by Crippen LogP contribution is -2.12. The Bertz CT molecular complexity index is 708. The van der Waals surface area contributed by atoms with Gasteiger partial charge in [0, 0.05) is 18.0 Å². The molecular weight excluding hydrogens is 398 g/mol. The normalized spacial score (nSPS) is 10.5. The monoisotopic (exact) mass is 415 g/mol. The number of carbonyl (C=O) groups excluding carboxylic acids is 1. The SMILES string of the molecule is COCc1nnc(NC(=O)CCc2cc(OC)c(OC)cc2Br)s1. The van der Waals surface area contributed by atoms with Crippen LogP contribution in [0, 0.1) is 0 Å². The molecule has 1 amide bonds. The van der Waals surface area contributed by atoms with E-state index in [1.165, 1.54) is 11.3 Å². The van der Waals surface area contributed by atoms with E-state index in [1.807, 2.05) is 12.1 Å². The Labute approximate surface area is 152 Å². The summed E-state index contributed by atoms with van der Waals surface area (Å²) in [5, 5.41) is 11.8.